The van der Waals surface area contributed by atoms with E-state index in [1.54, 1.807) is 11.7 Å². The van der Waals surface area contributed by atoms with Crippen molar-refractivity contribution in [1.82, 2.24) is 14.7 Å². The van der Waals surface area contributed by atoms with Crippen LogP contribution < -0.4 is 10.2 Å². The molecule has 1 aromatic heterocycles. The number of Topliss-reactive ketones (excluding diaryl/α,β-unsaturated/α-hetero) is 1. The molecule has 1 amide bonds. The molecule has 1 N–H and O–H groups in total. The molecular formula is C27H27F3N6O2S. The standard InChI is InChI=1S/C27H25F3N6O2.H2S/c1-27(29,30)22(37)17-12-11-15(13-18(17)28)14-35-23(31-16-7-4-3-5-8-16)21-24(33-35)36-20-10-6-9-19(20)32-26(36)34(2)25(21)38;/h3-5,7-8,11-13,19-20,31H,6,9-10,14H2,1-2H3;1H2/t19-,20+;/m1./s1. The number of hydrogen-bond acceptors (Lipinski definition) is 6. The highest BCUT2D eigenvalue weighted by atomic mass is 32.1. The van der Waals surface area contributed by atoms with Gasteiger partial charge in [-0.05, 0) is 49.1 Å². The zero-order valence-electron chi connectivity index (χ0n) is 21.3. The van der Waals surface area contributed by atoms with Gasteiger partial charge < -0.3 is 5.32 Å². The molecule has 204 valence electrons. The lowest BCUT2D eigenvalue weighted by molar-refractivity contribution is 0.0217. The molecule has 1 aliphatic carbocycles. The van der Waals surface area contributed by atoms with Crippen LogP contribution in [-0.2, 0) is 6.54 Å². The maximum atomic E-state index is 14.8. The summed E-state index contributed by atoms with van der Waals surface area (Å²) in [6, 6.07) is 13.0. The summed E-state index contributed by atoms with van der Waals surface area (Å²) in [5.74, 6) is -5.10. The molecule has 3 aromatic rings. The largest absolute Gasteiger partial charge is 0.340 e. The summed E-state index contributed by atoms with van der Waals surface area (Å²) in [7, 11) is 1.69. The first-order valence-electron chi connectivity index (χ1n) is 12.4. The van der Waals surface area contributed by atoms with Gasteiger partial charge in [-0.1, -0.05) is 24.3 Å². The number of halogens is 3. The zero-order chi connectivity index (χ0) is 26.8. The summed E-state index contributed by atoms with van der Waals surface area (Å²) in [5.41, 5.74) is 0.819. The molecule has 3 aliphatic rings. The van der Waals surface area contributed by atoms with Gasteiger partial charge in [0.2, 0.25) is 11.7 Å². The number of anilines is 3. The summed E-state index contributed by atoms with van der Waals surface area (Å²) in [4.78, 5) is 33.9. The Morgan fingerprint density at radius 3 is 2.59 bits per heavy atom. The third kappa shape index (κ3) is 4.46. The number of carbonyl (C=O) groups is 2. The SMILES string of the molecule is CN1C(=O)c2c(nn(Cc3ccc(C(=O)C(C)(F)F)c(F)c3)c2Nc2ccccc2)N2C1=N[C@@H]1CCC[C@@H]12.S. The summed E-state index contributed by atoms with van der Waals surface area (Å²) in [6.07, 6.45) is 2.90. The minimum atomic E-state index is -3.68. The van der Waals surface area contributed by atoms with Crippen molar-refractivity contribution in [2.45, 2.75) is 50.7 Å². The number of nitrogens with one attached hydrogen (secondary N) is 1. The van der Waals surface area contributed by atoms with Gasteiger partial charge in [0.15, 0.2) is 5.82 Å². The van der Waals surface area contributed by atoms with Gasteiger partial charge >= 0.3 is 5.92 Å². The highest BCUT2D eigenvalue weighted by molar-refractivity contribution is 7.59. The van der Waals surface area contributed by atoms with Gasteiger partial charge in [0.25, 0.3) is 5.91 Å². The average Bonchev–Trinajstić information content (AvgIpc) is 3.56. The first kappa shape index (κ1) is 26.8. The van der Waals surface area contributed by atoms with E-state index in [0.717, 1.165) is 37.1 Å². The number of guanidine groups is 1. The minimum Gasteiger partial charge on any atom is -0.340 e. The quantitative estimate of drug-likeness (QED) is 0.435. The lowest BCUT2D eigenvalue weighted by atomic mass is 10.0. The fraction of sp³-hybridized carbons (Fsp3) is 0.333. The number of rotatable bonds is 6. The first-order valence-corrected chi connectivity index (χ1v) is 12.4. The molecule has 1 fully saturated rings. The third-order valence-corrected chi connectivity index (χ3v) is 7.30. The third-order valence-electron chi connectivity index (χ3n) is 7.30. The van der Waals surface area contributed by atoms with E-state index in [2.05, 4.69) is 5.32 Å². The summed E-state index contributed by atoms with van der Waals surface area (Å²) < 4.78 is 43.3. The second kappa shape index (κ2) is 9.74. The highest BCUT2D eigenvalue weighted by Gasteiger charge is 2.49. The van der Waals surface area contributed by atoms with E-state index >= 15 is 0 Å². The van der Waals surface area contributed by atoms with E-state index in [1.807, 2.05) is 35.2 Å². The van der Waals surface area contributed by atoms with Crippen LogP contribution >= 0.6 is 13.5 Å². The van der Waals surface area contributed by atoms with E-state index < -0.39 is 23.1 Å². The predicted molar refractivity (Wildman–Crippen MR) is 146 cm³/mol. The Balaban J connectivity index is 0.00000308. The fourth-order valence-corrected chi connectivity index (χ4v) is 5.46. The van der Waals surface area contributed by atoms with E-state index in [4.69, 9.17) is 10.1 Å². The Bertz CT molecular complexity index is 1490. The second-order valence-corrected chi connectivity index (χ2v) is 9.96. The van der Waals surface area contributed by atoms with Crippen molar-refractivity contribution >= 4 is 48.5 Å². The maximum absolute atomic E-state index is 14.8. The van der Waals surface area contributed by atoms with Crippen molar-refractivity contribution in [3.8, 4) is 0 Å². The fourth-order valence-electron chi connectivity index (χ4n) is 5.46. The first-order chi connectivity index (χ1) is 18.1. The summed E-state index contributed by atoms with van der Waals surface area (Å²) >= 11 is 0. The molecule has 0 spiro atoms. The molecule has 2 aromatic carbocycles. The Morgan fingerprint density at radius 1 is 1.15 bits per heavy atom. The lowest BCUT2D eigenvalue weighted by Crippen LogP contribution is -2.51. The number of carbonyl (C=O) groups excluding carboxylic acids is 2. The van der Waals surface area contributed by atoms with Gasteiger partial charge in [0, 0.05) is 19.7 Å². The highest BCUT2D eigenvalue weighted by Crippen LogP contribution is 2.43. The molecule has 0 radical (unpaired) electrons. The number of aliphatic imine (C=N–C) groups is 1. The molecule has 2 aliphatic heterocycles. The van der Waals surface area contributed by atoms with Crippen molar-refractivity contribution in [3.63, 3.8) is 0 Å². The van der Waals surface area contributed by atoms with Gasteiger partial charge in [-0.15, -0.1) is 0 Å². The van der Waals surface area contributed by atoms with Crippen LogP contribution in [0.2, 0.25) is 0 Å². The van der Waals surface area contributed by atoms with Crippen molar-refractivity contribution < 1.29 is 22.8 Å². The van der Waals surface area contributed by atoms with Crippen molar-refractivity contribution in [1.29, 1.82) is 0 Å². The molecular weight excluding hydrogens is 529 g/mol. The van der Waals surface area contributed by atoms with Gasteiger partial charge in [0.1, 0.15) is 17.2 Å². The molecule has 39 heavy (non-hydrogen) atoms. The normalized spacial score (nSPS) is 19.7. The predicted octanol–water partition coefficient (Wildman–Crippen LogP) is 4.95. The molecule has 0 saturated heterocycles. The molecule has 6 rings (SSSR count). The summed E-state index contributed by atoms with van der Waals surface area (Å²) in [6.45, 7) is 0.471. The Labute approximate surface area is 229 Å². The van der Waals surface area contributed by atoms with Crippen LogP contribution in [0.5, 0.6) is 0 Å². The van der Waals surface area contributed by atoms with Gasteiger partial charge in [-0.2, -0.15) is 27.4 Å². The number of ketones is 1. The van der Waals surface area contributed by atoms with Crippen molar-refractivity contribution in [2.24, 2.45) is 4.99 Å². The average molecular weight is 557 g/mol. The topological polar surface area (TPSA) is 82.8 Å². The van der Waals surface area contributed by atoms with Crippen LogP contribution in [-0.4, -0.2) is 57.4 Å². The molecule has 2 atom stereocenters. The van der Waals surface area contributed by atoms with Crippen molar-refractivity contribution in [3.05, 3.63) is 71.0 Å². The molecule has 0 bridgehead atoms. The maximum Gasteiger partial charge on any atom is 0.307 e. The van der Waals surface area contributed by atoms with Crippen LogP contribution in [0.4, 0.5) is 30.5 Å². The number of para-hydroxylation sites is 1. The van der Waals surface area contributed by atoms with Crippen LogP contribution in [0, 0.1) is 5.82 Å². The number of alkyl halides is 2. The number of hydrogen-bond donors (Lipinski definition) is 1. The minimum absolute atomic E-state index is 0. The molecule has 0 unspecified atom stereocenters. The van der Waals surface area contributed by atoms with Crippen LogP contribution in [0.25, 0.3) is 0 Å². The number of aromatic nitrogens is 2. The van der Waals surface area contributed by atoms with E-state index in [0.29, 0.717) is 35.6 Å². The number of benzene rings is 2. The summed E-state index contributed by atoms with van der Waals surface area (Å²) in [5, 5.41) is 8.09. The smallest absolute Gasteiger partial charge is 0.307 e. The van der Waals surface area contributed by atoms with Gasteiger partial charge in [0.05, 0.1) is 24.2 Å². The number of fused-ring (bicyclic) bond motifs is 5. The van der Waals surface area contributed by atoms with Gasteiger partial charge in [-0.3, -0.25) is 19.4 Å². The van der Waals surface area contributed by atoms with Crippen LogP contribution in [0.1, 0.15) is 52.5 Å². The van der Waals surface area contributed by atoms with E-state index in [1.165, 1.54) is 11.0 Å². The monoisotopic (exact) mass is 556 g/mol. The molecule has 8 nitrogen and oxygen atoms in total. The Morgan fingerprint density at radius 2 is 1.90 bits per heavy atom. The number of amides is 1. The van der Waals surface area contributed by atoms with Crippen molar-refractivity contribution in [2.75, 3.05) is 17.3 Å². The molecule has 3 heterocycles. The van der Waals surface area contributed by atoms with Crippen LogP contribution in [0.3, 0.4) is 0 Å². The van der Waals surface area contributed by atoms with E-state index in [9.17, 15) is 22.8 Å². The Hall–Kier alpha value is -3.80. The zero-order valence-corrected chi connectivity index (χ0v) is 22.3. The number of nitrogens with zero attached hydrogens (tertiary/aromatic N) is 5. The van der Waals surface area contributed by atoms with Crippen LogP contribution in [0.15, 0.2) is 53.5 Å². The van der Waals surface area contributed by atoms with Gasteiger partial charge in [-0.25, -0.2) is 14.1 Å². The Kier molecular flexibility index (Phi) is 6.69. The lowest BCUT2D eigenvalue weighted by Gasteiger charge is -2.34. The second-order valence-electron chi connectivity index (χ2n) is 9.96. The van der Waals surface area contributed by atoms with E-state index in [-0.39, 0.29) is 38.0 Å². The molecule has 1 saturated carbocycles. The molecule has 12 heteroatoms.